The normalized spacial score (nSPS) is 14.4. The highest BCUT2D eigenvalue weighted by atomic mass is 32.1. The van der Waals surface area contributed by atoms with E-state index >= 15 is 0 Å². The molecule has 0 bridgehead atoms. The Morgan fingerprint density at radius 3 is 2.61 bits per heavy atom. The van der Waals surface area contributed by atoms with Crippen molar-refractivity contribution < 1.29 is 13.5 Å². The van der Waals surface area contributed by atoms with Crippen LogP contribution in [0.1, 0.15) is 18.4 Å². The van der Waals surface area contributed by atoms with Crippen molar-refractivity contribution in [2.45, 2.75) is 18.4 Å². The van der Waals surface area contributed by atoms with Crippen LogP contribution in [0.15, 0.2) is 53.0 Å². The highest BCUT2D eigenvalue weighted by molar-refractivity contribution is 7.17. The van der Waals surface area contributed by atoms with E-state index in [1.54, 1.807) is 25.4 Å². The van der Waals surface area contributed by atoms with Crippen LogP contribution in [0.5, 0.6) is 11.5 Å². The molecule has 8 heteroatoms. The molecular weight excluding hydrogens is 420 g/mol. The van der Waals surface area contributed by atoms with Gasteiger partial charge < -0.3 is 14.1 Å². The largest absolute Gasteiger partial charge is 0.450 e. The molecule has 0 spiro atoms. The second kappa shape index (κ2) is 7.00. The molecule has 0 unspecified atom stereocenters. The molecule has 5 nitrogen and oxygen atoms in total. The molecule has 1 fully saturated rings. The van der Waals surface area contributed by atoms with E-state index in [9.17, 15) is 13.6 Å². The summed E-state index contributed by atoms with van der Waals surface area (Å²) in [5, 5.41) is 2.54. The number of aromatic nitrogens is 2. The first-order valence-electron chi connectivity index (χ1n) is 9.51. The van der Waals surface area contributed by atoms with E-state index in [-0.39, 0.29) is 11.3 Å². The molecule has 0 N–H and O–H groups in total. The van der Waals surface area contributed by atoms with E-state index in [0.717, 1.165) is 36.2 Å². The first-order chi connectivity index (χ1) is 14.9. The van der Waals surface area contributed by atoms with E-state index < -0.39 is 22.9 Å². The van der Waals surface area contributed by atoms with Gasteiger partial charge >= 0.3 is 0 Å². The fourth-order valence-corrected chi connectivity index (χ4v) is 4.58. The second-order valence-electron chi connectivity index (χ2n) is 7.51. The predicted octanol–water partition coefficient (Wildman–Crippen LogP) is 5.64. The molecule has 0 atom stereocenters. The maximum Gasteiger partial charge on any atom is 0.268 e. The molecule has 5 rings (SSSR count). The van der Waals surface area contributed by atoms with Gasteiger partial charge in [0.1, 0.15) is 10.4 Å². The molecule has 1 saturated carbocycles. The molecule has 0 radical (unpaired) electrons. The van der Waals surface area contributed by atoms with E-state index in [1.165, 1.54) is 15.9 Å². The number of halogens is 2. The molecule has 1 aliphatic rings. The fourth-order valence-electron chi connectivity index (χ4n) is 3.69. The van der Waals surface area contributed by atoms with Crippen LogP contribution >= 0.6 is 11.3 Å². The number of thiophene rings is 1. The molecule has 1 aromatic carbocycles. The van der Waals surface area contributed by atoms with Gasteiger partial charge in [0, 0.05) is 48.2 Å². The number of benzene rings is 1. The van der Waals surface area contributed by atoms with Crippen LogP contribution in [0.4, 0.5) is 8.78 Å². The van der Waals surface area contributed by atoms with Gasteiger partial charge in [-0.25, -0.2) is 15.4 Å². The number of ether oxygens (including phenoxy) is 1. The van der Waals surface area contributed by atoms with E-state index in [4.69, 9.17) is 11.3 Å². The van der Waals surface area contributed by atoms with Crippen molar-refractivity contribution in [1.29, 1.82) is 0 Å². The number of hydrogen-bond donors (Lipinski definition) is 0. The Bertz CT molecular complexity index is 1430. The number of hydrogen-bond acceptors (Lipinski definition) is 4. The molecular formula is C23H15F2N3O2S. The van der Waals surface area contributed by atoms with Crippen molar-refractivity contribution in [2.24, 2.45) is 7.05 Å². The smallest absolute Gasteiger partial charge is 0.268 e. The number of rotatable bonds is 4. The zero-order valence-electron chi connectivity index (χ0n) is 16.4. The number of fused-ring (bicyclic) bond motifs is 1. The summed E-state index contributed by atoms with van der Waals surface area (Å²) in [7, 11) is 1.65. The first-order valence-corrected chi connectivity index (χ1v) is 10.4. The average Bonchev–Trinajstić information content (AvgIpc) is 3.41. The van der Waals surface area contributed by atoms with Crippen molar-refractivity contribution in [2.75, 3.05) is 0 Å². The third-order valence-corrected chi connectivity index (χ3v) is 6.46. The van der Waals surface area contributed by atoms with Crippen LogP contribution < -0.4 is 10.3 Å². The lowest BCUT2D eigenvalue weighted by molar-refractivity contribution is 0.405. The summed E-state index contributed by atoms with van der Waals surface area (Å²) in [5.41, 5.74) is 1.36. The minimum absolute atomic E-state index is 0.126. The first kappa shape index (κ1) is 19.4. The third kappa shape index (κ3) is 3.09. The van der Waals surface area contributed by atoms with Crippen LogP contribution in [0.3, 0.4) is 0 Å². The van der Waals surface area contributed by atoms with Gasteiger partial charge in [0.05, 0.1) is 12.4 Å². The molecule has 0 saturated heterocycles. The molecule has 31 heavy (non-hydrogen) atoms. The maximum atomic E-state index is 14.2. The topological polar surface area (TPSA) is 48.5 Å². The quantitative estimate of drug-likeness (QED) is 0.390. The highest BCUT2D eigenvalue weighted by Crippen LogP contribution is 2.51. The average molecular weight is 435 g/mol. The van der Waals surface area contributed by atoms with E-state index in [2.05, 4.69) is 9.83 Å². The lowest BCUT2D eigenvalue weighted by Crippen LogP contribution is -2.15. The van der Waals surface area contributed by atoms with Crippen molar-refractivity contribution in [3.63, 3.8) is 0 Å². The highest BCUT2D eigenvalue weighted by Gasteiger charge is 2.52. The molecule has 0 aliphatic heterocycles. The van der Waals surface area contributed by atoms with E-state index in [0.29, 0.717) is 15.8 Å². The second-order valence-corrected chi connectivity index (χ2v) is 8.43. The van der Waals surface area contributed by atoms with Crippen molar-refractivity contribution >= 4 is 21.4 Å². The minimum atomic E-state index is -0.920. The molecule has 4 aromatic rings. The fraction of sp³-hybridized carbons (Fsp3) is 0.174. The summed E-state index contributed by atoms with van der Waals surface area (Å²) < 4.78 is 36.2. The van der Waals surface area contributed by atoms with Gasteiger partial charge in [0.25, 0.3) is 11.1 Å². The maximum absolute atomic E-state index is 14.2. The Labute approximate surface area is 180 Å². The Morgan fingerprint density at radius 2 is 1.94 bits per heavy atom. The lowest BCUT2D eigenvalue weighted by atomic mass is 9.96. The number of pyridine rings is 2. The van der Waals surface area contributed by atoms with Gasteiger partial charge in [-0.05, 0) is 29.6 Å². The molecule has 3 aromatic heterocycles. The Kier molecular flexibility index (Phi) is 4.38. The number of aryl methyl sites for hydroxylation is 1. The van der Waals surface area contributed by atoms with Crippen molar-refractivity contribution in [3.05, 3.63) is 87.2 Å². The zero-order valence-corrected chi connectivity index (χ0v) is 17.2. The van der Waals surface area contributed by atoms with Gasteiger partial charge in [-0.3, -0.25) is 9.78 Å². The predicted molar refractivity (Wildman–Crippen MR) is 114 cm³/mol. The molecule has 0 amide bonds. The summed E-state index contributed by atoms with van der Waals surface area (Å²) in [6, 6.07) is 7.04. The SMILES string of the molecule is [C-]#[N+]C1(c2ccc(Oc3c(F)cncc3F)c(-c3cn(C)c(=O)c4sccc34)c2)CC1. The monoisotopic (exact) mass is 435 g/mol. The van der Waals surface area contributed by atoms with Gasteiger partial charge in [0.15, 0.2) is 11.6 Å². The van der Waals surface area contributed by atoms with Crippen LogP contribution in [0.25, 0.3) is 26.1 Å². The lowest BCUT2D eigenvalue weighted by Gasteiger charge is -2.16. The van der Waals surface area contributed by atoms with Gasteiger partial charge in [-0.15, -0.1) is 11.3 Å². The molecule has 154 valence electrons. The zero-order chi connectivity index (χ0) is 21.8. The van der Waals surface area contributed by atoms with Crippen LogP contribution in [-0.4, -0.2) is 9.55 Å². The minimum Gasteiger partial charge on any atom is -0.450 e. The Hall–Kier alpha value is -3.57. The van der Waals surface area contributed by atoms with Gasteiger partial charge in [-0.2, -0.15) is 0 Å². The summed E-state index contributed by atoms with van der Waals surface area (Å²) in [6.45, 7) is 7.58. The van der Waals surface area contributed by atoms with Crippen LogP contribution in [-0.2, 0) is 12.6 Å². The number of nitrogens with zero attached hydrogens (tertiary/aromatic N) is 3. The third-order valence-electron chi connectivity index (χ3n) is 5.56. The standard InChI is InChI=1S/C23H15F2N3O2S/c1-26-23(6-7-23)13-3-4-19(30-20-17(24)10-27-11-18(20)25)15(9-13)16-12-28(2)22(29)21-14(16)5-8-31-21/h3-5,8-12H,6-7H2,2H3. The Morgan fingerprint density at radius 1 is 1.19 bits per heavy atom. The van der Waals surface area contributed by atoms with Crippen molar-refractivity contribution in [1.82, 2.24) is 9.55 Å². The Balaban J connectivity index is 1.76. The summed E-state index contributed by atoms with van der Waals surface area (Å²) in [4.78, 5) is 19.8. The molecule has 1 aliphatic carbocycles. The van der Waals surface area contributed by atoms with Crippen LogP contribution in [0.2, 0.25) is 0 Å². The molecule has 3 heterocycles. The van der Waals surface area contributed by atoms with Crippen LogP contribution in [0, 0.1) is 18.2 Å². The summed E-state index contributed by atoms with van der Waals surface area (Å²) in [5.74, 6) is -2.17. The van der Waals surface area contributed by atoms with Gasteiger partial charge in [-0.1, -0.05) is 0 Å². The van der Waals surface area contributed by atoms with Gasteiger partial charge in [0.2, 0.25) is 5.75 Å². The summed E-state index contributed by atoms with van der Waals surface area (Å²) in [6.07, 6.45) is 4.96. The van der Waals surface area contributed by atoms with Crippen molar-refractivity contribution in [3.8, 4) is 22.6 Å². The van der Waals surface area contributed by atoms with E-state index in [1.807, 2.05) is 17.5 Å². The summed E-state index contributed by atoms with van der Waals surface area (Å²) >= 11 is 1.33.